The van der Waals surface area contributed by atoms with Crippen molar-refractivity contribution in [1.29, 1.82) is 5.41 Å². The maximum absolute atomic E-state index is 7.20. The fourth-order valence-electron chi connectivity index (χ4n) is 1.33. The lowest BCUT2D eigenvalue weighted by Gasteiger charge is -1.97. The summed E-state index contributed by atoms with van der Waals surface area (Å²) in [5, 5.41) is 8.32. The Balaban J connectivity index is 2.61. The lowest BCUT2D eigenvalue weighted by molar-refractivity contribution is 1.20. The molecule has 14 heavy (non-hydrogen) atoms. The van der Waals surface area contributed by atoms with Crippen LogP contribution < -0.4 is 5.73 Å². The molecule has 0 radical (unpaired) electrons. The van der Waals surface area contributed by atoms with Crippen LogP contribution in [-0.4, -0.2) is 20.8 Å². The van der Waals surface area contributed by atoms with Crippen LogP contribution in [0.4, 0.5) is 0 Å². The number of nitrogens with one attached hydrogen (secondary N) is 2. The van der Waals surface area contributed by atoms with Crippen molar-refractivity contribution >= 4 is 28.5 Å². The maximum atomic E-state index is 7.20. The number of rotatable bonds is 2. The molecule has 0 aliphatic heterocycles. The van der Waals surface area contributed by atoms with Gasteiger partial charge in [-0.1, -0.05) is 11.6 Å². The number of aromatic amines is 1. The number of hydrogen-bond acceptors (Lipinski definition) is 3. The number of aromatic nitrogens is 3. The fraction of sp³-hybridized carbons (Fsp3) is 0.125. The summed E-state index contributed by atoms with van der Waals surface area (Å²) in [5.74, 6) is 0.0887. The van der Waals surface area contributed by atoms with Crippen LogP contribution in [0.25, 0.3) is 11.0 Å². The highest BCUT2D eigenvalue weighted by atomic mass is 35.5. The number of hydrogen-bond donors (Lipinski definition) is 3. The van der Waals surface area contributed by atoms with Crippen LogP contribution in [0.3, 0.4) is 0 Å². The molecule has 0 atom stereocenters. The van der Waals surface area contributed by atoms with Gasteiger partial charge in [-0.25, -0.2) is 9.97 Å². The Morgan fingerprint density at radius 2 is 2.36 bits per heavy atom. The van der Waals surface area contributed by atoms with E-state index in [9.17, 15) is 0 Å². The van der Waals surface area contributed by atoms with E-state index in [0.717, 1.165) is 10.9 Å². The van der Waals surface area contributed by atoms with Crippen LogP contribution >= 0.6 is 11.6 Å². The minimum Gasteiger partial charge on any atom is -0.387 e. The highest BCUT2D eigenvalue weighted by Gasteiger charge is 2.09. The van der Waals surface area contributed by atoms with E-state index in [1.54, 1.807) is 6.20 Å². The van der Waals surface area contributed by atoms with E-state index in [2.05, 4.69) is 15.0 Å². The van der Waals surface area contributed by atoms with Crippen molar-refractivity contribution in [3.63, 3.8) is 0 Å². The van der Waals surface area contributed by atoms with Crippen LogP contribution in [0.2, 0.25) is 5.15 Å². The van der Waals surface area contributed by atoms with E-state index in [1.807, 2.05) is 0 Å². The normalized spacial score (nSPS) is 10.6. The van der Waals surface area contributed by atoms with Crippen LogP contribution in [0.1, 0.15) is 5.56 Å². The Hall–Kier alpha value is -1.62. The first-order valence-corrected chi connectivity index (χ1v) is 4.35. The van der Waals surface area contributed by atoms with Crippen LogP contribution in [0.5, 0.6) is 0 Å². The molecule has 2 aromatic heterocycles. The highest BCUT2D eigenvalue weighted by molar-refractivity contribution is 6.34. The van der Waals surface area contributed by atoms with Crippen molar-refractivity contribution in [3.8, 4) is 0 Å². The van der Waals surface area contributed by atoms with E-state index in [0.29, 0.717) is 17.2 Å². The van der Waals surface area contributed by atoms with Gasteiger partial charge in [-0.3, -0.25) is 5.41 Å². The van der Waals surface area contributed by atoms with Gasteiger partial charge in [0.1, 0.15) is 17.1 Å². The van der Waals surface area contributed by atoms with Gasteiger partial charge in [-0.15, -0.1) is 0 Å². The van der Waals surface area contributed by atoms with Gasteiger partial charge in [0, 0.05) is 12.6 Å². The summed E-state index contributed by atoms with van der Waals surface area (Å²) in [5.41, 5.74) is 6.82. The van der Waals surface area contributed by atoms with Gasteiger partial charge >= 0.3 is 0 Å². The first kappa shape index (κ1) is 8.96. The van der Waals surface area contributed by atoms with Gasteiger partial charge in [-0.2, -0.15) is 0 Å². The maximum Gasteiger partial charge on any atom is 0.142 e. The van der Waals surface area contributed by atoms with Crippen molar-refractivity contribution in [1.82, 2.24) is 15.0 Å². The van der Waals surface area contributed by atoms with Crippen molar-refractivity contribution in [2.45, 2.75) is 6.42 Å². The first-order valence-electron chi connectivity index (χ1n) is 3.98. The molecule has 0 amide bonds. The van der Waals surface area contributed by atoms with Crippen molar-refractivity contribution < 1.29 is 0 Å². The van der Waals surface area contributed by atoms with E-state index in [1.165, 1.54) is 6.33 Å². The minimum atomic E-state index is 0.0887. The quantitative estimate of drug-likeness (QED) is 0.393. The zero-order valence-electron chi connectivity index (χ0n) is 7.21. The zero-order chi connectivity index (χ0) is 10.1. The molecule has 72 valence electrons. The summed E-state index contributed by atoms with van der Waals surface area (Å²) >= 11 is 5.90. The topological polar surface area (TPSA) is 91.4 Å². The molecular weight excluding hydrogens is 202 g/mol. The third kappa shape index (κ3) is 1.42. The number of nitrogens with zero attached hydrogens (tertiary/aromatic N) is 2. The number of halogens is 1. The molecule has 2 aromatic rings. The fourth-order valence-corrected chi connectivity index (χ4v) is 1.58. The second kappa shape index (κ2) is 3.26. The van der Waals surface area contributed by atoms with Gasteiger partial charge in [-0.05, 0) is 5.56 Å². The molecule has 2 heterocycles. The van der Waals surface area contributed by atoms with Crippen LogP contribution in [-0.2, 0) is 6.42 Å². The average molecular weight is 210 g/mol. The minimum absolute atomic E-state index is 0.0887. The lowest BCUT2D eigenvalue weighted by Crippen LogP contribution is -2.12. The molecule has 0 unspecified atom stereocenters. The smallest absolute Gasteiger partial charge is 0.142 e. The van der Waals surface area contributed by atoms with E-state index in [-0.39, 0.29) is 5.84 Å². The predicted molar refractivity (Wildman–Crippen MR) is 54.5 cm³/mol. The van der Waals surface area contributed by atoms with E-state index < -0.39 is 0 Å². The SMILES string of the molecule is N=C(N)Cc1c[nH]c2ncnc(Cl)c12. The summed E-state index contributed by atoms with van der Waals surface area (Å²) in [4.78, 5) is 10.8. The number of H-pyrrole nitrogens is 1. The molecule has 6 heteroatoms. The van der Waals surface area contributed by atoms with Crippen molar-refractivity contribution in [2.75, 3.05) is 0 Å². The van der Waals surface area contributed by atoms with Crippen molar-refractivity contribution in [3.05, 3.63) is 23.2 Å². The third-order valence-corrected chi connectivity index (χ3v) is 2.17. The molecule has 0 aliphatic rings. The highest BCUT2D eigenvalue weighted by Crippen LogP contribution is 2.22. The summed E-state index contributed by atoms with van der Waals surface area (Å²) in [6.45, 7) is 0. The molecule has 0 aliphatic carbocycles. The molecule has 0 saturated carbocycles. The largest absolute Gasteiger partial charge is 0.387 e. The Labute approximate surface area is 84.8 Å². The Bertz CT molecular complexity index is 489. The molecular formula is C8H8ClN5. The summed E-state index contributed by atoms with van der Waals surface area (Å²) in [6, 6.07) is 0. The second-order valence-corrected chi connectivity index (χ2v) is 3.26. The molecule has 0 spiro atoms. The second-order valence-electron chi connectivity index (χ2n) is 2.90. The standard InChI is InChI=1S/C8H8ClN5/c9-7-6-4(1-5(10)11)2-12-8(6)14-3-13-7/h2-3H,1H2,(H3,10,11)(H,12,13,14). The summed E-state index contributed by atoms with van der Waals surface area (Å²) < 4.78 is 0. The first-order chi connectivity index (χ1) is 6.68. The average Bonchev–Trinajstić information content (AvgIpc) is 2.49. The molecule has 2 rings (SSSR count). The number of fused-ring (bicyclic) bond motifs is 1. The molecule has 0 aromatic carbocycles. The van der Waals surface area contributed by atoms with E-state index in [4.69, 9.17) is 22.7 Å². The molecule has 0 saturated heterocycles. The van der Waals surface area contributed by atoms with Gasteiger partial charge in [0.2, 0.25) is 0 Å². The monoisotopic (exact) mass is 209 g/mol. The number of amidine groups is 1. The Kier molecular flexibility index (Phi) is 2.09. The van der Waals surface area contributed by atoms with Gasteiger partial charge in [0.15, 0.2) is 0 Å². The molecule has 0 fully saturated rings. The van der Waals surface area contributed by atoms with Crippen LogP contribution in [0.15, 0.2) is 12.5 Å². The van der Waals surface area contributed by atoms with E-state index >= 15 is 0 Å². The summed E-state index contributed by atoms with van der Waals surface area (Å²) in [6.07, 6.45) is 3.48. The van der Waals surface area contributed by atoms with Gasteiger partial charge in [0.05, 0.1) is 11.2 Å². The van der Waals surface area contributed by atoms with Gasteiger partial charge < -0.3 is 10.7 Å². The van der Waals surface area contributed by atoms with Crippen LogP contribution in [0, 0.1) is 5.41 Å². The van der Waals surface area contributed by atoms with Crippen molar-refractivity contribution in [2.24, 2.45) is 5.73 Å². The third-order valence-electron chi connectivity index (χ3n) is 1.89. The predicted octanol–water partition coefficient (Wildman–Crippen LogP) is 1.09. The summed E-state index contributed by atoms with van der Waals surface area (Å²) in [7, 11) is 0. The van der Waals surface area contributed by atoms with Gasteiger partial charge in [0.25, 0.3) is 0 Å². The molecule has 4 N–H and O–H groups in total. The Morgan fingerprint density at radius 3 is 3.07 bits per heavy atom. The Morgan fingerprint density at radius 1 is 1.57 bits per heavy atom. The molecule has 0 bridgehead atoms. The zero-order valence-corrected chi connectivity index (χ0v) is 7.97. The number of nitrogens with two attached hydrogens (primary N) is 1. The lowest BCUT2D eigenvalue weighted by atomic mass is 10.2. The molecule has 5 nitrogen and oxygen atoms in total.